The van der Waals surface area contributed by atoms with Gasteiger partial charge < -0.3 is 4.57 Å². The highest BCUT2D eigenvalue weighted by molar-refractivity contribution is 6.38. The van der Waals surface area contributed by atoms with Gasteiger partial charge in [0.1, 0.15) is 9.68 Å². The van der Waals surface area contributed by atoms with Crippen LogP contribution >= 0.6 is 0 Å². The smallest absolute Gasteiger partial charge is 0.118 e. The van der Waals surface area contributed by atoms with Gasteiger partial charge in [0, 0.05) is 0 Å². The van der Waals surface area contributed by atoms with Crippen LogP contribution in [0.5, 0.6) is 0 Å². The molecule has 0 amide bonds. The van der Waals surface area contributed by atoms with Gasteiger partial charge in [-0.2, -0.15) is 0 Å². The second-order valence-electron chi connectivity index (χ2n) is 1.55. The highest BCUT2D eigenvalue weighted by atomic mass is 28.2. The summed E-state index contributed by atoms with van der Waals surface area (Å²) in [6.07, 6.45) is 0. The highest BCUT2D eigenvalue weighted by Crippen LogP contribution is 1.64. The van der Waals surface area contributed by atoms with Crippen molar-refractivity contribution in [3.8, 4) is 0 Å². The van der Waals surface area contributed by atoms with Crippen LogP contribution in [0.25, 0.3) is 0 Å². The third-order valence-corrected chi connectivity index (χ3v) is 1.48. The third-order valence-electron chi connectivity index (χ3n) is 0.494. The van der Waals surface area contributed by atoms with Crippen LogP contribution in [0, 0.1) is 0 Å². The fraction of sp³-hybridized carbons (Fsp3) is 0.500. The lowest BCUT2D eigenvalue weighted by Gasteiger charge is -2.00. The molecule has 0 unspecified atom stereocenters. The van der Waals surface area contributed by atoms with E-state index < -0.39 is 0 Å². The van der Waals surface area contributed by atoms with E-state index >= 15 is 0 Å². The molecule has 0 fully saturated rings. The summed E-state index contributed by atoms with van der Waals surface area (Å²) in [5.74, 6) is 0. The van der Waals surface area contributed by atoms with E-state index in [-0.39, 0.29) is 9.68 Å². The monoisotopic (exact) mass is 101 g/mol. The van der Waals surface area contributed by atoms with Crippen molar-refractivity contribution in [3.63, 3.8) is 0 Å². The van der Waals surface area contributed by atoms with Gasteiger partial charge in [0.15, 0.2) is 0 Å². The van der Waals surface area contributed by atoms with Gasteiger partial charge >= 0.3 is 0 Å². The summed E-state index contributed by atoms with van der Waals surface area (Å²) < 4.78 is 2.20. The Morgan fingerprint density at radius 2 is 2.17 bits per heavy atom. The molecule has 36 valence electrons. The molecule has 0 atom stereocenters. The lowest BCUT2D eigenvalue weighted by molar-refractivity contribution is 0.668. The van der Waals surface area contributed by atoms with E-state index in [9.17, 15) is 0 Å². The largest absolute Gasteiger partial charge is 0.331 e. The Bertz CT molecular complexity index is 42.8. The molecular weight excluding hydrogens is 90.1 g/mol. The van der Waals surface area contributed by atoms with Gasteiger partial charge in [-0.15, -0.1) is 6.58 Å². The third kappa shape index (κ3) is 3.92. The predicted octanol–water partition coefficient (Wildman–Crippen LogP) is -0.225. The maximum absolute atomic E-state index is 3.62. The molecule has 0 aliphatic heterocycles. The molecule has 0 saturated heterocycles. The summed E-state index contributed by atoms with van der Waals surface area (Å²) in [5.41, 5.74) is 2.01. The van der Waals surface area contributed by atoms with Crippen LogP contribution in [0.3, 0.4) is 0 Å². The van der Waals surface area contributed by atoms with Crippen molar-refractivity contribution in [2.45, 2.75) is 0 Å². The Labute approximate surface area is 41.6 Å². The topological polar surface area (TPSA) is 3.24 Å². The Hall–Kier alpha value is -0.0831. The molecule has 0 aromatic heterocycles. The average Bonchev–Trinajstić information content (AvgIpc) is 1.35. The van der Waals surface area contributed by atoms with Crippen LogP contribution in [0.2, 0.25) is 0 Å². The summed E-state index contributed by atoms with van der Waals surface area (Å²) in [5, 5.41) is 0. The first kappa shape index (κ1) is 5.92. The molecule has 0 spiro atoms. The number of hydrogen-bond acceptors (Lipinski definition) is 1. The van der Waals surface area contributed by atoms with Gasteiger partial charge in [0.25, 0.3) is 0 Å². The molecule has 0 aromatic rings. The first-order valence-corrected chi connectivity index (χ1v) is 3.48. The minimum atomic E-state index is -0.0463. The molecule has 0 heterocycles. The molecule has 0 saturated carbocycles. The van der Waals surface area contributed by atoms with Gasteiger partial charge in [-0.25, -0.2) is 0 Å². The minimum absolute atomic E-state index is 0.0463. The molecule has 0 aliphatic carbocycles. The Morgan fingerprint density at radius 1 is 1.67 bits per heavy atom. The molecule has 0 aliphatic rings. The van der Waals surface area contributed by atoms with E-state index in [1.54, 1.807) is 0 Å². The Balaban J connectivity index is 2.81. The second kappa shape index (κ2) is 3.12. The lowest BCUT2D eigenvalue weighted by atomic mass is 11.2. The van der Waals surface area contributed by atoms with E-state index in [0.29, 0.717) is 0 Å². The molecule has 2 heteroatoms. The SMILES string of the molecule is C=C[SiH2]N(C)C. The van der Waals surface area contributed by atoms with Crippen molar-refractivity contribution in [2.75, 3.05) is 14.1 Å². The van der Waals surface area contributed by atoms with Crippen LogP contribution in [0.15, 0.2) is 12.3 Å². The zero-order valence-electron chi connectivity index (χ0n) is 4.44. The van der Waals surface area contributed by atoms with Crippen molar-refractivity contribution in [1.29, 1.82) is 0 Å². The van der Waals surface area contributed by atoms with Crippen LogP contribution in [-0.4, -0.2) is 28.3 Å². The number of rotatable bonds is 2. The van der Waals surface area contributed by atoms with E-state index in [4.69, 9.17) is 0 Å². The lowest BCUT2D eigenvalue weighted by Crippen LogP contribution is -2.14. The maximum atomic E-state index is 3.62. The summed E-state index contributed by atoms with van der Waals surface area (Å²) in [7, 11) is 4.11. The highest BCUT2D eigenvalue weighted by Gasteiger charge is 1.77. The first-order chi connectivity index (χ1) is 2.77. The van der Waals surface area contributed by atoms with Gasteiger partial charge in [0.2, 0.25) is 0 Å². The molecule has 0 radical (unpaired) electrons. The molecule has 6 heavy (non-hydrogen) atoms. The van der Waals surface area contributed by atoms with E-state index in [2.05, 4.69) is 25.2 Å². The second-order valence-corrected chi connectivity index (χ2v) is 3.76. The first-order valence-electron chi connectivity index (χ1n) is 2.03. The predicted molar refractivity (Wildman–Crippen MR) is 32.4 cm³/mol. The average molecular weight is 101 g/mol. The van der Waals surface area contributed by atoms with Crippen molar-refractivity contribution in [2.24, 2.45) is 0 Å². The molecule has 0 rings (SSSR count). The fourth-order valence-corrected chi connectivity index (χ4v) is 0.775. The van der Waals surface area contributed by atoms with Crippen LogP contribution < -0.4 is 0 Å². The molecule has 0 bridgehead atoms. The van der Waals surface area contributed by atoms with Crippen molar-refractivity contribution >= 4 is 9.68 Å². The van der Waals surface area contributed by atoms with Gasteiger partial charge in [0.05, 0.1) is 0 Å². The zero-order valence-corrected chi connectivity index (χ0v) is 5.85. The Kier molecular flexibility index (Phi) is 3.08. The quantitative estimate of drug-likeness (QED) is 0.434. The normalized spacial score (nSPS) is 11.2. The molecule has 0 aromatic carbocycles. The number of nitrogens with zero attached hydrogens (tertiary/aromatic N) is 1. The van der Waals surface area contributed by atoms with E-state index in [1.807, 2.05) is 5.70 Å². The van der Waals surface area contributed by atoms with Crippen LogP contribution in [-0.2, 0) is 0 Å². The number of hydrogen-bond donors (Lipinski definition) is 0. The van der Waals surface area contributed by atoms with Gasteiger partial charge in [-0.05, 0) is 14.1 Å². The molecule has 1 nitrogen and oxygen atoms in total. The summed E-state index contributed by atoms with van der Waals surface area (Å²) in [6.45, 7) is 3.62. The van der Waals surface area contributed by atoms with Crippen LogP contribution in [0.1, 0.15) is 0 Å². The van der Waals surface area contributed by atoms with E-state index in [1.165, 1.54) is 0 Å². The van der Waals surface area contributed by atoms with Crippen molar-refractivity contribution in [1.82, 2.24) is 4.57 Å². The van der Waals surface area contributed by atoms with Crippen molar-refractivity contribution in [3.05, 3.63) is 12.3 Å². The standard InChI is InChI=1S/C4H11NSi/c1-4-6-5(2)3/h4H,1,6H2,2-3H3. The van der Waals surface area contributed by atoms with Crippen LogP contribution in [0.4, 0.5) is 0 Å². The maximum Gasteiger partial charge on any atom is 0.118 e. The van der Waals surface area contributed by atoms with E-state index in [0.717, 1.165) is 0 Å². The fourth-order valence-electron chi connectivity index (χ4n) is 0.258. The summed E-state index contributed by atoms with van der Waals surface area (Å²) in [4.78, 5) is 0. The zero-order chi connectivity index (χ0) is 4.99. The van der Waals surface area contributed by atoms with Gasteiger partial charge in [-0.1, -0.05) is 5.70 Å². The summed E-state index contributed by atoms with van der Waals surface area (Å²) >= 11 is 0. The summed E-state index contributed by atoms with van der Waals surface area (Å²) in [6, 6.07) is 0. The minimum Gasteiger partial charge on any atom is -0.331 e. The Morgan fingerprint density at radius 3 is 2.17 bits per heavy atom. The van der Waals surface area contributed by atoms with Crippen molar-refractivity contribution < 1.29 is 0 Å². The molecular formula is C4H11NSi. The van der Waals surface area contributed by atoms with Gasteiger partial charge in [-0.3, -0.25) is 0 Å². The molecule has 0 N–H and O–H groups in total.